The van der Waals surface area contributed by atoms with Crippen molar-refractivity contribution < 1.29 is 42.6 Å². The summed E-state index contributed by atoms with van der Waals surface area (Å²) in [6, 6.07) is 11.8. The Morgan fingerprint density at radius 1 is 0.982 bits per heavy atom. The Balaban J connectivity index is 1.20. The molecule has 1 aliphatic carbocycles. The van der Waals surface area contributed by atoms with E-state index < -0.39 is 71.0 Å². The van der Waals surface area contributed by atoms with Crippen molar-refractivity contribution in [2.24, 2.45) is 5.92 Å². The predicted octanol–water partition coefficient (Wildman–Crippen LogP) is 3.97. The van der Waals surface area contributed by atoms with Crippen molar-refractivity contribution >= 4 is 35.8 Å². The molecule has 2 aromatic rings. The van der Waals surface area contributed by atoms with E-state index in [-0.39, 0.29) is 57.9 Å². The summed E-state index contributed by atoms with van der Waals surface area (Å²) in [5, 5.41) is 11.1. The van der Waals surface area contributed by atoms with Crippen LogP contribution >= 0.6 is 0 Å². The first-order valence-corrected chi connectivity index (χ1v) is 19.3. The molecule has 1 saturated carbocycles. The van der Waals surface area contributed by atoms with Gasteiger partial charge in [0.1, 0.15) is 35.1 Å². The lowest BCUT2D eigenvalue weighted by Gasteiger charge is -2.30. The molecule has 0 bridgehead atoms. The van der Waals surface area contributed by atoms with Gasteiger partial charge in [-0.1, -0.05) is 67.5 Å². The Labute approximate surface area is 325 Å². The molecule has 0 spiro atoms. The van der Waals surface area contributed by atoms with Gasteiger partial charge in [-0.2, -0.15) is 0 Å². The molecule has 2 aromatic carbocycles. The number of nitrogens with one attached hydrogen (secondary N) is 4. The molecule has 6 rings (SSSR count). The van der Waals surface area contributed by atoms with Gasteiger partial charge in [-0.3, -0.25) is 24.1 Å². The predicted molar refractivity (Wildman–Crippen MR) is 202 cm³/mol. The van der Waals surface area contributed by atoms with Crippen LogP contribution in [0.4, 0.5) is 14.0 Å². The zero-order chi connectivity index (χ0) is 40.0. The first-order chi connectivity index (χ1) is 26.7. The van der Waals surface area contributed by atoms with Crippen molar-refractivity contribution in [1.29, 1.82) is 0 Å². The fraction of sp³-hybridized carbons (Fsp3) is 0.512. The van der Waals surface area contributed by atoms with Gasteiger partial charge in [0.15, 0.2) is 0 Å². The maximum absolute atomic E-state index is 14.5. The second kappa shape index (κ2) is 17.1. The number of allylic oxidation sites excluding steroid dienone is 1. The lowest BCUT2D eigenvalue weighted by molar-refractivity contribution is -0.141. The van der Waals surface area contributed by atoms with Crippen molar-refractivity contribution in [2.75, 3.05) is 13.1 Å². The van der Waals surface area contributed by atoms with E-state index in [0.29, 0.717) is 24.0 Å². The minimum Gasteiger partial charge on any atom is -0.444 e. The molecule has 300 valence electrons. The van der Waals surface area contributed by atoms with Crippen LogP contribution in [0, 0.1) is 11.7 Å². The summed E-state index contributed by atoms with van der Waals surface area (Å²) in [7, 11) is 0. The number of rotatable bonds is 7. The third-order valence-corrected chi connectivity index (χ3v) is 10.5. The van der Waals surface area contributed by atoms with E-state index in [1.165, 1.54) is 15.9 Å². The highest BCUT2D eigenvalue weighted by molar-refractivity contribution is 5.99. The molecule has 4 aliphatic rings. The Bertz CT molecular complexity index is 1850. The Morgan fingerprint density at radius 2 is 1.77 bits per heavy atom. The normalized spacial score (nSPS) is 25.6. The molecule has 56 heavy (non-hydrogen) atoms. The van der Waals surface area contributed by atoms with E-state index >= 15 is 0 Å². The zero-order valence-corrected chi connectivity index (χ0v) is 32.1. The monoisotopic (exact) mass is 774 g/mol. The molecule has 15 heteroatoms. The minimum absolute atomic E-state index is 0.0127. The summed E-state index contributed by atoms with van der Waals surface area (Å²) >= 11 is 0. The Morgan fingerprint density at radius 3 is 2.52 bits per heavy atom. The Hall–Kier alpha value is -5.47. The van der Waals surface area contributed by atoms with E-state index in [4.69, 9.17) is 9.47 Å². The molecule has 0 aromatic heterocycles. The van der Waals surface area contributed by atoms with Gasteiger partial charge in [0, 0.05) is 31.0 Å². The van der Waals surface area contributed by atoms with Crippen LogP contribution in [0.15, 0.2) is 60.7 Å². The highest BCUT2D eigenvalue weighted by Gasteiger charge is 2.61. The molecular weight excluding hydrogens is 723 g/mol. The van der Waals surface area contributed by atoms with Crippen LogP contribution in [0.5, 0.6) is 0 Å². The molecule has 3 heterocycles. The second-order valence-electron chi connectivity index (χ2n) is 16.0. The fourth-order valence-electron chi connectivity index (χ4n) is 7.52. The van der Waals surface area contributed by atoms with Crippen LogP contribution in [0.2, 0.25) is 0 Å². The third kappa shape index (κ3) is 9.84. The van der Waals surface area contributed by atoms with Crippen LogP contribution in [0.1, 0.15) is 82.4 Å². The molecule has 0 radical (unpaired) electrons. The van der Waals surface area contributed by atoms with Crippen LogP contribution in [-0.4, -0.2) is 88.0 Å². The molecule has 2 fully saturated rings. The number of alkyl carbamates (subject to hydrolysis) is 1. The fourth-order valence-corrected chi connectivity index (χ4v) is 7.52. The SMILES string of the molecule is CC(C)(C)OC(=O)N[C@H]1CCCCC/C=C\[C@H]2C[C@@]2(C(=O)NCC(=O)NCc2ccccc2)NC(=O)[C@@H]2C[C@@H](OC(=O)N3Cc4cccc(F)c4C3)CN2C1=O. The van der Waals surface area contributed by atoms with Crippen molar-refractivity contribution in [3.63, 3.8) is 0 Å². The number of fused-ring (bicyclic) bond motifs is 3. The average Bonchev–Trinajstić information content (AvgIpc) is 3.44. The van der Waals surface area contributed by atoms with Crippen molar-refractivity contribution in [1.82, 2.24) is 31.1 Å². The summed E-state index contributed by atoms with van der Waals surface area (Å²) in [6.07, 6.45) is 4.75. The summed E-state index contributed by atoms with van der Waals surface area (Å²) in [6.45, 7) is 5.09. The number of carbonyl (C=O) groups is 6. The van der Waals surface area contributed by atoms with E-state index in [1.807, 2.05) is 42.5 Å². The summed E-state index contributed by atoms with van der Waals surface area (Å²) in [4.78, 5) is 84.2. The number of halogens is 1. The third-order valence-electron chi connectivity index (χ3n) is 10.5. The number of nitrogens with zero attached hydrogens (tertiary/aromatic N) is 2. The largest absolute Gasteiger partial charge is 0.444 e. The standard InChI is InChI=1S/C41H51FN6O8/c1-40(2,3)56-38(53)45-32-18-11-6-4-5-10-16-28-20-41(28,37(52)44-22-34(49)43-21-26-13-8-7-9-14-26)46-35(50)33-19-29(24-48(33)36(32)51)55-39(54)47-23-27-15-12-17-31(42)30(27)25-47/h7-10,12-17,28-29,32-33H,4-6,11,18-25H2,1-3H3,(H,43,49)(H,44,52)(H,45,53)(H,46,50)/b16-10-/t28-,29+,32-,33-,41+/m0/s1. The molecule has 1 saturated heterocycles. The van der Waals surface area contributed by atoms with Gasteiger partial charge >= 0.3 is 12.2 Å². The second-order valence-corrected chi connectivity index (χ2v) is 16.0. The average molecular weight is 775 g/mol. The maximum Gasteiger partial charge on any atom is 0.410 e. The number of ether oxygens (including phenoxy) is 2. The lowest BCUT2D eigenvalue weighted by Crippen LogP contribution is -2.58. The van der Waals surface area contributed by atoms with E-state index in [2.05, 4.69) is 21.3 Å². The molecular formula is C41H51FN6O8. The number of amides is 6. The van der Waals surface area contributed by atoms with E-state index in [1.54, 1.807) is 32.9 Å². The number of hydrogen-bond acceptors (Lipinski definition) is 8. The number of benzene rings is 2. The van der Waals surface area contributed by atoms with Crippen LogP contribution < -0.4 is 21.3 Å². The van der Waals surface area contributed by atoms with Crippen LogP contribution in [0.25, 0.3) is 0 Å². The molecule has 4 N–H and O–H groups in total. The first-order valence-electron chi connectivity index (χ1n) is 19.3. The van der Waals surface area contributed by atoms with E-state index in [9.17, 15) is 33.2 Å². The molecule has 0 unspecified atom stereocenters. The van der Waals surface area contributed by atoms with Gasteiger partial charge in [-0.15, -0.1) is 0 Å². The quantitative estimate of drug-likeness (QED) is 0.306. The molecule has 3 aliphatic heterocycles. The highest BCUT2D eigenvalue weighted by Crippen LogP contribution is 2.45. The van der Waals surface area contributed by atoms with Crippen molar-refractivity contribution in [3.8, 4) is 0 Å². The molecule has 5 atom stereocenters. The lowest BCUT2D eigenvalue weighted by atomic mass is 10.0. The van der Waals surface area contributed by atoms with Gasteiger partial charge < -0.3 is 35.6 Å². The Kier molecular flexibility index (Phi) is 12.3. The molecule has 14 nitrogen and oxygen atoms in total. The van der Waals surface area contributed by atoms with Crippen LogP contribution in [-0.2, 0) is 48.3 Å². The van der Waals surface area contributed by atoms with Crippen molar-refractivity contribution in [2.45, 2.75) is 115 Å². The topological polar surface area (TPSA) is 175 Å². The summed E-state index contributed by atoms with van der Waals surface area (Å²) in [5.41, 5.74) is -0.243. The smallest absolute Gasteiger partial charge is 0.410 e. The molecule has 6 amide bonds. The summed E-state index contributed by atoms with van der Waals surface area (Å²) < 4.78 is 25.8. The number of carbonyl (C=O) groups excluding carboxylic acids is 6. The summed E-state index contributed by atoms with van der Waals surface area (Å²) in [5.74, 6) is -2.92. The van der Waals surface area contributed by atoms with Gasteiger partial charge in [-0.25, -0.2) is 14.0 Å². The zero-order valence-electron chi connectivity index (χ0n) is 32.1. The number of hydrogen-bond donors (Lipinski definition) is 4. The van der Waals surface area contributed by atoms with Gasteiger partial charge in [0.25, 0.3) is 0 Å². The van der Waals surface area contributed by atoms with Gasteiger partial charge in [-0.05, 0) is 63.6 Å². The van der Waals surface area contributed by atoms with Gasteiger partial charge in [0.05, 0.1) is 19.6 Å². The van der Waals surface area contributed by atoms with Crippen molar-refractivity contribution in [3.05, 3.63) is 83.2 Å². The maximum atomic E-state index is 14.5. The van der Waals surface area contributed by atoms with E-state index in [0.717, 1.165) is 18.4 Å². The van der Waals surface area contributed by atoms with Gasteiger partial charge in [0.2, 0.25) is 23.6 Å². The first kappa shape index (κ1) is 40.2. The minimum atomic E-state index is -1.38. The van der Waals surface area contributed by atoms with Crippen LogP contribution in [0.3, 0.4) is 0 Å². The highest BCUT2D eigenvalue weighted by atomic mass is 19.1.